The van der Waals surface area contributed by atoms with E-state index in [1.54, 1.807) is 6.20 Å². The fraction of sp³-hybridized carbons (Fsp3) is 0.391. The van der Waals surface area contributed by atoms with Crippen LogP contribution >= 0.6 is 0 Å². The molecule has 7 nitrogen and oxygen atoms in total. The van der Waals surface area contributed by atoms with Crippen LogP contribution in [0.2, 0.25) is 0 Å². The van der Waals surface area contributed by atoms with Gasteiger partial charge in [0, 0.05) is 29.7 Å². The van der Waals surface area contributed by atoms with Crippen molar-refractivity contribution in [1.82, 2.24) is 24.6 Å². The Labute approximate surface area is 180 Å². The van der Waals surface area contributed by atoms with Crippen molar-refractivity contribution in [3.63, 3.8) is 0 Å². The second kappa shape index (κ2) is 7.44. The zero-order chi connectivity index (χ0) is 21.6. The van der Waals surface area contributed by atoms with Crippen molar-refractivity contribution in [2.45, 2.75) is 51.2 Å². The second-order valence-electron chi connectivity index (χ2n) is 8.89. The van der Waals surface area contributed by atoms with Gasteiger partial charge in [-0.1, -0.05) is 13.0 Å². The smallest absolute Gasteiger partial charge is 0.314 e. The number of fused-ring (bicyclic) bond motifs is 2. The molecule has 0 radical (unpaired) electrons. The zero-order valence-electron chi connectivity index (χ0n) is 17.6. The number of piperidine rings is 1. The summed E-state index contributed by atoms with van der Waals surface area (Å²) >= 11 is 0. The van der Waals surface area contributed by atoms with E-state index in [2.05, 4.69) is 27.3 Å². The average molecular weight is 420 g/mol. The van der Waals surface area contributed by atoms with Crippen molar-refractivity contribution >= 4 is 11.7 Å². The summed E-state index contributed by atoms with van der Waals surface area (Å²) in [6.45, 7) is 4.90. The molecule has 160 valence electrons. The molecule has 0 saturated carbocycles. The normalized spacial score (nSPS) is 24.5. The predicted molar refractivity (Wildman–Crippen MR) is 115 cm³/mol. The van der Waals surface area contributed by atoms with Crippen LogP contribution in [0, 0.1) is 18.7 Å². The van der Waals surface area contributed by atoms with Gasteiger partial charge in [0.05, 0.1) is 24.5 Å². The number of aromatic nitrogens is 4. The minimum atomic E-state index is -0.480. The molecule has 2 fully saturated rings. The Morgan fingerprint density at radius 2 is 2.10 bits per heavy atom. The Morgan fingerprint density at radius 1 is 1.29 bits per heavy atom. The minimum absolute atomic E-state index is 0.0925. The Hall–Kier alpha value is -3.29. The van der Waals surface area contributed by atoms with E-state index in [4.69, 9.17) is 0 Å². The number of aryl methyl sites for hydroxylation is 1. The van der Waals surface area contributed by atoms with Gasteiger partial charge >= 0.3 is 6.03 Å². The van der Waals surface area contributed by atoms with Gasteiger partial charge in [-0.3, -0.25) is 4.68 Å². The van der Waals surface area contributed by atoms with Gasteiger partial charge in [0.15, 0.2) is 11.6 Å². The maximum Gasteiger partial charge on any atom is 0.322 e. The monoisotopic (exact) mass is 420 g/mol. The van der Waals surface area contributed by atoms with Crippen molar-refractivity contribution in [1.29, 1.82) is 0 Å². The van der Waals surface area contributed by atoms with Gasteiger partial charge in [-0.15, -0.1) is 0 Å². The standard InChI is InChI=1S/C23H25FN6O/c1-15-8-19-11-23(10-15,14-29-7-3-6-27-29)30(19)22(31)28-18-5-4-16(2)20(9-18)21-25-12-17(24)13-26-21/h3-7,9,12-13,15,19H,8,10-11,14H2,1-2H3,(H,28,31). The van der Waals surface area contributed by atoms with Crippen LogP contribution in [-0.4, -0.2) is 42.3 Å². The summed E-state index contributed by atoms with van der Waals surface area (Å²) < 4.78 is 15.1. The lowest BCUT2D eigenvalue weighted by atomic mass is 9.64. The van der Waals surface area contributed by atoms with Gasteiger partial charge in [-0.05, 0) is 55.9 Å². The molecule has 1 N–H and O–H groups in total. The number of rotatable bonds is 4. The highest BCUT2D eigenvalue weighted by Gasteiger charge is 2.58. The van der Waals surface area contributed by atoms with E-state index in [0.717, 1.165) is 42.8 Å². The van der Waals surface area contributed by atoms with Crippen molar-refractivity contribution in [2.75, 3.05) is 5.32 Å². The topological polar surface area (TPSA) is 75.9 Å². The SMILES string of the molecule is Cc1ccc(NC(=O)N2C3CC(C)CC2(Cn2cccn2)C3)cc1-c1ncc(F)cn1. The first-order chi connectivity index (χ1) is 14.9. The number of hydrogen-bond acceptors (Lipinski definition) is 4. The molecule has 0 spiro atoms. The van der Waals surface area contributed by atoms with E-state index >= 15 is 0 Å². The number of hydrogen-bond donors (Lipinski definition) is 1. The van der Waals surface area contributed by atoms with Gasteiger partial charge in [0.1, 0.15) is 0 Å². The third kappa shape index (κ3) is 3.56. The van der Waals surface area contributed by atoms with Crippen LogP contribution in [-0.2, 0) is 6.54 Å². The van der Waals surface area contributed by atoms with E-state index in [9.17, 15) is 9.18 Å². The number of carbonyl (C=O) groups is 1. The maximum atomic E-state index is 13.3. The largest absolute Gasteiger partial charge is 0.322 e. The Morgan fingerprint density at radius 3 is 2.84 bits per heavy atom. The number of amides is 2. The van der Waals surface area contributed by atoms with Crippen molar-refractivity contribution in [3.05, 3.63) is 60.4 Å². The fourth-order valence-corrected chi connectivity index (χ4v) is 5.33. The van der Waals surface area contributed by atoms with Gasteiger partial charge in [0.25, 0.3) is 0 Å². The van der Waals surface area contributed by atoms with Gasteiger partial charge in [-0.25, -0.2) is 19.2 Å². The van der Waals surface area contributed by atoms with Crippen LogP contribution in [0.3, 0.4) is 0 Å². The molecule has 31 heavy (non-hydrogen) atoms. The molecule has 5 rings (SSSR count). The lowest BCUT2D eigenvalue weighted by Gasteiger charge is -2.63. The third-order valence-corrected chi connectivity index (χ3v) is 6.48. The molecule has 0 aliphatic carbocycles. The van der Waals surface area contributed by atoms with Crippen LogP contribution in [0.5, 0.6) is 0 Å². The van der Waals surface area contributed by atoms with Crippen LogP contribution in [0.4, 0.5) is 14.9 Å². The Kier molecular flexibility index (Phi) is 4.72. The average Bonchev–Trinajstić information content (AvgIpc) is 3.22. The van der Waals surface area contributed by atoms with E-state index < -0.39 is 5.82 Å². The van der Waals surface area contributed by atoms with E-state index in [0.29, 0.717) is 24.0 Å². The number of benzene rings is 1. The number of nitrogens with one attached hydrogen (secondary N) is 1. The molecule has 2 aliphatic rings. The van der Waals surface area contributed by atoms with Crippen LogP contribution in [0.1, 0.15) is 31.7 Å². The predicted octanol–water partition coefficient (Wildman–Crippen LogP) is 4.26. The molecular weight excluding hydrogens is 395 g/mol. The Bertz CT molecular complexity index is 1100. The van der Waals surface area contributed by atoms with Gasteiger partial charge < -0.3 is 10.2 Å². The maximum absolute atomic E-state index is 13.3. The summed E-state index contributed by atoms with van der Waals surface area (Å²) in [4.78, 5) is 23.5. The first-order valence-electron chi connectivity index (χ1n) is 10.6. The minimum Gasteiger partial charge on any atom is -0.314 e. The number of halogens is 1. The van der Waals surface area contributed by atoms with Crippen LogP contribution in [0.25, 0.3) is 11.4 Å². The first-order valence-corrected chi connectivity index (χ1v) is 10.6. The highest BCUT2D eigenvalue weighted by Crippen LogP contribution is 2.50. The lowest BCUT2D eigenvalue weighted by molar-refractivity contribution is -0.100. The molecule has 2 amide bonds. The summed E-state index contributed by atoms with van der Waals surface area (Å²) in [6.07, 6.45) is 9.02. The van der Waals surface area contributed by atoms with Gasteiger partial charge in [-0.2, -0.15) is 5.10 Å². The third-order valence-electron chi connectivity index (χ3n) is 6.48. The summed E-state index contributed by atoms with van der Waals surface area (Å²) in [5, 5.41) is 7.43. The van der Waals surface area contributed by atoms with Crippen LogP contribution < -0.4 is 5.32 Å². The molecule has 1 aromatic carbocycles. The lowest BCUT2D eigenvalue weighted by Crippen LogP contribution is -2.73. The fourth-order valence-electron chi connectivity index (χ4n) is 5.33. The van der Waals surface area contributed by atoms with Gasteiger partial charge in [0.2, 0.25) is 0 Å². The summed E-state index contributed by atoms with van der Waals surface area (Å²) in [5.74, 6) is 0.534. The summed E-state index contributed by atoms with van der Waals surface area (Å²) in [7, 11) is 0. The highest BCUT2D eigenvalue weighted by atomic mass is 19.1. The molecule has 2 saturated heterocycles. The quantitative estimate of drug-likeness (QED) is 0.684. The summed E-state index contributed by atoms with van der Waals surface area (Å²) in [6, 6.07) is 7.71. The van der Waals surface area contributed by atoms with Crippen molar-refractivity contribution < 1.29 is 9.18 Å². The molecule has 8 heteroatoms. The van der Waals surface area contributed by atoms with Crippen molar-refractivity contribution in [3.8, 4) is 11.4 Å². The van der Waals surface area contributed by atoms with E-state index in [1.165, 1.54) is 0 Å². The molecular formula is C23H25FN6O. The number of nitrogens with zero attached hydrogens (tertiary/aromatic N) is 5. The van der Waals surface area contributed by atoms with E-state index in [1.807, 2.05) is 47.0 Å². The molecule has 3 atom stereocenters. The Balaban J connectivity index is 1.38. The molecule has 3 aromatic rings. The number of anilines is 1. The molecule has 3 unspecified atom stereocenters. The highest BCUT2D eigenvalue weighted by molar-refractivity contribution is 5.91. The first kappa shape index (κ1) is 19.7. The zero-order valence-corrected chi connectivity index (χ0v) is 17.6. The summed E-state index contributed by atoms with van der Waals surface area (Å²) in [5.41, 5.74) is 2.19. The molecule has 4 heterocycles. The van der Waals surface area contributed by atoms with Crippen LogP contribution in [0.15, 0.2) is 49.1 Å². The van der Waals surface area contributed by atoms with Crippen molar-refractivity contribution in [2.24, 2.45) is 5.92 Å². The molecule has 2 bridgehead atoms. The number of urea groups is 1. The second-order valence-corrected chi connectivity index (χ2v) is 8.89. The molecule has 2 aromatic heterocycles. The number of carbonyl (C=O) groups excluding carboxylic acids is 1. The van der Waals surface area contributed by atoms with E-state index in [-0.39, 0.29) is 17.6 Å². The molecule has 2 aliphatic heterocycles.